The van der Waals surface area contributed by atoms with E-state index in [-0.39, 0.29) is 11.8 Å². The summed E-state index contributed by atoms with van der Waals surface area (Å²) in [5.41, 5.74) is 6.96. The molecule has 0 aliphatic heterocycles. The molecule has 0 aliphatic rings. The van der Waals surface area contributed by atoms with Crippen LogP contribution in [-0.4, -0.2) is 7.11 Å². The first kappa shape index (κ1) is 14.7. The molecule has 3 nitrogen and oxygen atoms in total. The van der Waals surface area contributed by atoms with Crippen molar-refractivity contribution in [1.29, 1.82) is 0 Å². The molecule has 1 atom stereocenters. The zero-order chi connectivity index (χ0) is 14.7. The predicted molar refractivity (Wildman–Crippen MR) is 82.9 cm³/mol. The Morgan fingerprint density at radius 3 is 2.65 bits per heavy atom. The molecule has 20 heavy (non-hydrogen) atoms. The highest BCUT2D eigenvalue weighted by Crippen LogP contribution is 2.34. The zero-order valence-electron chi connectivity index (χ0n) is 11.8. The molecule has 0 saturated heterocycles. The van der Waals surface area contributed by atoms with Crippen LogP contribution in [0.2, 0.25) is 0 Å². The fourth-order valence-corrected chi connectivity index (χ4v) is 3.00. The summed E-state index contributed by atoms with van der Waals surface area (Å²) >= 11 is 1.69. The molecule has 1 aromatic carbocycles. The number of thiophene rings is 1. The van der Waals surface area contributed by atoms with Gasteiger partial charge in [0, 0.05) is 17.0 Å². The number of halogens is 1. The Bertz CT molecular complexity index is 570. The van der Waals surface area contributed by atoms with Crippen molar-refractivity contribution in [2.24, 2.45) is 5.92 Å². The first-order valence-corrected chi connectivity index (χ1v) is 7.33. The SMILES string of the molecule is COc1cc(NC(c2cccs2)C(C)C)c(N)cc1F. The van der Waals surface area contributed by atoms with Crippen LogP contribution in [0.3, 0.4) is 0 Å². The van der Waals surface area contributed by atoms with E-state index >= 15 is 0 Å². The summed E-state index contributed by atoms with van der Waals surface area (Å²) in [4.78, 5) is 1.22. The molecular formula is C15H19FN2OS. The molecule has 0 aliphatic carbocycles. The normalized spacial score (nSPS) is 12.4. The van der Waals surface area contributed by atoms with Gasteiger partial charge in [-0.15, -0.1) is 11.3 Å². The van der Waals surface area contributed by atoms with E-state index < -0.39 is 5.82 Å². The second-order valence-corrected chi connectivity index (χ2v) is 5.93. The van der Waals surface area contributed by atoms with Gasteiger partial charge in [-0.1, -0.05) is 19.9 Å². The maximum absolute atomic E-state index is 13.6. The van der Waals surface area contributed by atoms with Crippen LogP contribution in [0.25, 0.3) is 0 Å². The average Bonchev–Trinajstić information content (AvgIpc) is 2.91. The minimum atomic E-state index is -0.451. The topological polar surface area (TPSA) is 47.3 Å². The Morgan fingerprint density at radius 2 is 2.10 bits per heavy atom. The van der Waals surface area contributed by atoms with Gasteiger partial charge in [0.1, 0.15) is 0 Å². The third-order valence-electron chi connectivity index (χ3n) is 3.15. The number of nitrogens with one attached hydrogen (secondary N) is 1. The lowest BCUT2D eigenvalue weighted by molar-refractivity contribution is 0.387. The summed E-state index contributed by atoms with van der Waals surface area (Å²) in [5.74, 6) is 0.118. The number of benzene rings is 1. The van der Waals surface area contributed by atoms with E-state index in [0.29, 0.717) is 17.3 Å². The Kier molecular flexibility index (Phi) is 4.49. The molecule has 0 spiro atoms. The van der Waals surface area contributed by atoms with Crippen molar-refractivity contribution < 1.29 is 9.13 Å². The zero-order valence-corrected chi connectivity index (χ0v) is 12.6. The van der Waals surface area contributed by atoms with Crippen LogP contribution in [0, 0.1) is 11.7 Å². The number of ether oxygens (including phenoxy) is 1. The van der Waals surface area contributed by atoms with E-state index in [0.717, 1.165) is 0 Å². The van der Waals surface area contributed by atoms with Gasteiger partial charge in [-0.05, 0) is 17.4 Å². The van der Waals surface area contributed by atoms with Gasteiger partial charge < -0.3 is 15.8 Å². The van der Waals surface area contributed by atoms with Gasteiger partial charge in [-0.3, -0.25) is 0 Å². The largest absolute Gasteiger partial charge is 0.494 e. The van der Waals surface area contributed by atoms with Crippen LogP contribution in [0.4, 0.5) is 15.8 Å². The molecule has 108 valence electrons. The molecule has 3 N–H and O–H groups in total. The highest BCUT2D eigenvalue weighted by molar-refractivity contribution is 7.10. The minimum absolute atomic E-state index is 0.132. The van der Waals surface area contributed by atoms with Gasteiger partial charge in [0.15, 0.2) is 11.6 Å². The van der Waals surface area contributed by atoms with E-state index in [9.17, 15) is 4.39 Å². The molecule has 0 fully saturated rings. The number of rotatable bonds is 5. The molecule has 1 unspecified atom stereocenters. The van der Waals surface area contributed by atoms with Crippen molar-refractivity contribution in [2.75, 3.05) is 18.2 Å². The summed E-state index contributed by atoms with van der Waals surface area (Å²) in [5, 5.41) is 5.43. The van der Waals surface area contributed by atoms with E-state index in [1.807, 2.05) is 11.4 Å². The average molecular weight is 294 g/mol. The van der Waals surface area contributed by atoms with Crippen LogP contribution < -0.4 is 15.8 Å². The number of hydrogen-bond donors (Lipinski definition) is 2. The standard InChI is InChI=1S/C15H19FN2OS/c1-9(2)15(14-5-4-6-20-14)18-12-8-13(19-3)10(16)7-11(12)17/h4-9,15,18H,17H2,1-3H3. The lowest BCUT2D eigenvalue weighted by Crippen LogP contribution is -2.16. The van der Waals surface area contributed by atoms with Gasteiger partial charge in [0.2, 0.25) is 0 Å². The van der Waals surface area contributed by atoms with E-state index in [2.05, 4.69) is 25.2 Å². The Labute approximate surface area is 122 Å². The molecule has 0 radical (unpaired) electrons. The van der Waals surface area contributed by atoms with Crippen LogP contribution >= 0.6 is 11.3 Å². The van der Waals surface area contributed by atoms with Crippen LogP contribution in [0.1, 0.15) is 24.8 Å². The van der Waals surface area contributed by atoms with Gasteiger partial charge in [-0.2, -0.15) is 0 Å². The Balaban J connectivity index is 2.32. The number of hydrogen-bond acceptors (Lipinski definition) is 4. The van der Waals surface area contributed by atoms with E-state index in [1.54, 1.807) is 17.4 Å². The van der Waals surface area contributed by atoms with Crippen molar-refractivity contribution in [3.05, 3.63) is 40.3 Å². The second kappa shape index (κ2) is 6.13. The van der Waals surface area contributed by atoms with Crippen LogP contribution in [-0.2, 0) is 0 Å². The van der Waals surface area contributed by atoms with Gasteiger partial charge in [0.05, 0.1) is 24.5 Å². The summed E-state index contributed by atoms with van der Waals surface area (Å²) in [6, 6.07) is 7.12. The van der Waals surface area contributed by atoms with E-state index in [1.165, 1.54) is 18.1 Å². The van der Waals surface area contributed by atoms with Gasteiger partial charge >= 0.3 is 0 Å². The third-order valence-corrected chi connectivity index (χ3v) is 4.11. The molecule has 5 heteroatoms. The molecule has 0 amide bonds. The molecule has 0 saturated carbocycles. The molecule has 2 aromatic rings. The lowest BCUT2D eigenvalue weighted by Gasteiger charge is -2.23. The molecule has 1 heterocycles. The molecule has 1 aromatic heterocycles. The fourth-order valence-electron chi connectivity index (χ4n) is 2.05. The highest BCUT2D eigenvalue weighted by Gasteiger charge is 2.18. The number of nitrogen functional groups attached to an aromatic ring is 1. The Morgan fingerprint density at radius 1 is 1.35 bits per heavy atom. The number of methoxy groups -OCH3 is 1. The van der Waals surface area contributed by atoms with Crippen molar-refractivity contribution in [3.8, 4) is 5.75 Å². The fraction of sp³-hybridized carbons (Fsp3) is 0.333. The smallest absolute Gasteiger partial charge is 0.167 e. The first-order chi connectivity index (χ1) is 9.52. The summed E-state index contributed by atoms with van der Waals surface area (Å²) in [6.07, 6.45) is 0. The maximum Gasteiger partial charge on any atom is 0.167 e. The van der Waals surface area contributed by atoms with Gasteiger partial charge in [-0.25, -0.2) is 4.39 Å². The maximum atomic E-state index is 13.6. The predicted octanol–water partition coefficient (Wildman–Crippen LogP) is 4.29. The van der Waals surface area contributed by atoms with Crippen LogP contribution in [0.5, 0.6) is 5.75 Å². The molecule has 2 rings (SSSR count). The Hall–Kier alpha value is -1.75. The quantitative estimate of drug-likeness (QED) is 0.809. The summed E-state index contributed by atoms with van der Waals surface area (Å²) in [6.45, 7) is 4.27. The monoisotopic (exact) mass is 294 g/mol. The van der Waals surface area contributed by atoms with Crippen molar-refractivity contribution in [1.82, 2.24) is 0 Å². The van der Waals surface area contributed by atoms with Crippen molar-refractivity contribution in [3.63, 3.8) is 0 Å². The molecule has 0 bridgehead atoms. The number of nitrogens with two attached hydrogens (primary N) is 1. The van der Waals surface area contributed by atoms with Crippen LogP contribution in [0.15, 0.2) is 29.6 Å². The second-order valence-electron chi connectivity index (χ2n) is 4.96. The summed E-state index contributed by atoms with van der Waals surface area (Å²) < 4.78 is 18.6. The number of anilines is 2. The summed E-state index contributed by atoms with van der Waals surface area (Å²) in [7, 11) is 1.44. The van der Waals surface area contributed by atoms with Crippen molar-refractivity contribution in [2.45, 2.75) is 19.9 Å². The van der Waals surface area contributed by atoms with Crippen molar-refractivity contribution >= 4 is 22.7 Å². The van der Waals surface area contributed by atoms with Gasteiger partial charge in [0.25, 0.3) is 0 Å². The first-order valence-electron chi connectivity index (χ1n) is 6.46. The highest BCUT2D eigenvalue weighted by atomic mass is 32.1. The van der Waals surface area contributed by atoms with E-state index in [4.69, 9.17) is 10.5 Å². The minimum Gasteiger partial charge on any atom is -0.494 e. The molecular weight excluding hydrogens is 275 g/mol. The third kappa shape index (κ3) is 3.04. The lowest BCUT2D eigenvalue weighted by atomic mass is 10.0.